The van der Waals surface area contributed by atoms with Gasteiger partial charge in [0.1, 0.15) is 0 Å². The number of ether oxygens (including phenoxy) is 2. The lowest BCUT2D eigenvalue weighted by Crippen LogP contribution is -2.34. The van der Waals surface area contributed by atoms with E-state index in [4.69, 9.17) is 0 Å². The van der Waals surface area contributed by atoms with E-state index in [-0.39, 0.29) is 12.4 Å². The van der Waals surface area contributed by atoms with Crippen molar-refractivity contribution in [2.24, 2.45) is 0 Å². The molecule has 0 aliphatic carbocycles. The number of carbonyl (C=O) groups is 2. The molecule has 0 bridgehead atoms. The van der Waals surface area contributed by atoms with Crippen molar-refractivity contribution in [3.05, 3.63) is 0 Å². The van der Waals surface area contributed by atoms with E-state index in [0.717, 1.165) is 0 Å². The Bertz CT molecular complexity index is 167. The van der Waals surface area contributed by atoms with Crippen molar-refractivity contribution in [1.82, 2.24) is 0 Å². The molecule has 0 unspecified atom stereocenters. The van der Waals surface area contributed by atoms with Crippen molar-refractivity contribution in [1.29, 1.82) is 0 Å². The molecule has 1 rings (SSSR count). The predicted octanol–water partition coefficient (Wildman–Crippen LogP) is 0.411. The van der Waals surface area contributed by atoms with E-state index in [1.165, 1.54) is 11.8 Å². The second-order valence-corrected chi connectivity index (χ2v) is 2.59. The molecular formula is C5H6O4S. The zero-order valence-electron chi connectivity index (χ0n) is 5.33. The predicted molar refractivity (Wildman–Crippen MR) is 34.7 cm³/mol. The average molecular weight is 162 g/mol. The highest BCUT2D eigenvalue weighted by Gasteiger charge is 2.28. The fraction of sp³-hybridized carbons (Fsp3) is 0.600. The van der Waals surface area contributed by atoms with Crippen molar-refractivity contribution in [2.75, 3.05) is 12.9 Å². The monoisotopic (exact) mass is 162 g/mol. The number of cyclic esters (lactones) is 2. The molecule has 0 aromatic heterocycles. The summed E-state index contributed by atoms with van der Waals surface area (Å²) in [6, 6.07) is 0. The Morgan fingerprint density at radius 2 is 2.30 bits per heavy atom. The lowest BCUT2D eigenvalue weighted by Gasteiger charge is -2.18. The highest BCUT2D eigenvalue weighted by molar-refractivity contribution is 7.99. The van der Waals surface area contributed by atoms with Gasteiger partial charge in [0, 0.05) is 0 Å². The van der Waals surface area contributed by atoms with E-state index in [1.807, 2.05) is 0 Å². The molecule has 0 N–H and O–H groups in total. The molecule has 10 heavy (non-hydrogen) atoms. The number of hydrogen-bond acceptors (Lipinski definition) is 5. The summed E-state index contributed by atoms with van der Waals surface area (Å²) < 4.78 is 8.80. The number of hydrogen-bond donors (Lipinski definition) is 0. The normalized spacial score (nSPS) is 25.5. The molecule has 1 atom stereocenters. The third kappa shape index (κ3) is 1.41. The van der Waals surface area contributed by atoms with Gasteiger partial charge < -0.3 is 9.47 Å². The molecule has 0 aromatic carbocycles. The first-order valence-corrected chi connectivity index (χ1v) is 3.91. The smallest absolute Gasteiger partial charge is 0.426 e. The second kappa shape index (κ2) is 2.92. The Labute approximate surface area is 61.9 Å². The number of thioether (sulfide) groups is 1. The molecule has 0 radical (unpaired) electrons. The first kappa shape index (κ1) is 7.40. The van der Waals surface area contributed by atoms with Crippen molar-refractivity contribution in [3.63, 3.8) is 0 Å². The van der Waals surface area contributed by atoms with Gasteiger partial charge in [-0.3, -0.25) is 4.79 Å². The third-order valence-electron chi connectivity index (χ3n) is 1.01. The zero-order valence-corrected chi connectivity index (χ0v) is 6.14. The summed E-state index contributed by atoms with van der Waals surface area (Å²) in [5, 5.41) is 0. The Morgan fingerprint density at radius 1 is 1.60 bits per heavy atom. The SMILES string of the molecule is CS[C@@H]1OC(=O)OCC1=O. The maximum absolute atomic E-state index is 10.7. The van der Waals surface area contributed by atoms with Gasteiger partial charge in [-0.2, -0.15) is 0 Å². The van der Waals surface area contributed by atoms with Crippen molar-refractivity contribution in [3.8, 4) is 0 Å². The van der Waals surface area contributed by atoms with Gasteiger partial charge in [-0.1, -0.05) is 0 Å². The maximum Gasteiger partial charge on any atom is 0.510 e. The van der Waals surface area contributed by atoms with E-state index in [9.17, 15) is 9.59 Å². The van der Waals surface area contributed by atoms with Crippen LogP contribution in [0.15, 0.2) is 0 Å². The van der Waals surface area contributed by atoms with Crippen molar-refractivity contribution >= 4 is 23.7 Å². The van der Waals surface area contributed by atoms with Gasteiger partial charge >= 0.3 is 6.16 Å². The molecule has 0 aromatic rings. The molecule has 1 aliphatic heterocycles. The summed E-state index contributed by atoms with van der Waals surface area (Å²) in [6.07, 6.45) is 0.931. The fourth-order valence-corrected chi connectivity index (χ4v) is 1.07. The molecule has 1 saturated heterocycles. The van der Waals surface area contributed by atoms with Crippen LogP contribution in [0, 0.1) is 0 Å². The molecule has 4 nitrogen and oxygen atoms in total. The van der Waals surface area contributed by atoms with E-state index in [2.05, 4.69) is 9.47 Å². The third-order valence-corrected chi connectivity index (χ3v) is 1.80. The van der Waals surface area contributed by atoms with E-state index >= 15 is 0 Å². The Morgan fingerprint density at radius 3 is 2.80 bits per heavy atom. The second-order valence-electron chi connectivity index (χ2n) is 1.69. The first-order chi connectivity index (χ1) is 4.74. The number of Topliss-reactive ketones (excluding diaryl/α,β-unsaturated/α-hetero) is 1. The van der Waals surface area contributed by atoms with Gasteiger partial charge in [0.05, 0.1) is 0 Å². The van der Waals surface area contributed by atoms with E-state index < -0.39 is 11.6 Å². The first-order valence-electron chi connectivity index (χ1n) is 2.63. The van der Waals surface area contributed by atoms with Crippen LogP contribution in [0.2, 0.25) is 0 Å². The largest absolute Gasteiger partial charge is 0.510 e. The molecule has 0 spiro atoms. The van der Waals surface area contributed by atoms with Crippen LogP contribution in [0.1, 0.15) is 0 Å². The lowest BCUT2D eigenvalue weighted by atomic mass is 10.4. The highest BCUT2D eigenvalue weighted by atomic mass is 32.2. The molecule has 0 amide bonds. The standard InChI is InChI=1S/C5H6O4S/c1-10-4-3(6)2-8-5(7)9-4/h4H,2H2,1H3/t4-/m0/s1. The van der Waals surface area contributed by atoms with Crippen LogP contribution in [0.3, 0.4) is 0 Å². The Kier molecular flexibility index (Phi) is 2.16. The summed E-state index contributed by atoms with van der Waals surface area (Å²) in [7, 11) is 0. The summed E-state index contributed by atoms with van der Waals surface area (Å²) in [5.74, 6) is -0.202. The van der Waals surface area contributed by atoms with Crippen LogP contribution >= 0.6 is 11.8 Å². The number of ketones is 1. The topological polar surface area (TPSA) is 52.6 Å². The summed E-state index contributed by atoms with van der Waals surface area (Å²) in [5.41, 5.74) is -0.666. The Hall–Kier alpha value is -0.710. The van der Waals surface area contributed by atoms with Gasteiger partial charge in [0.2, 0.25) is 11.2 Å². The molecule has 1 heterocycles. The van der Waals surface area contributed by atoms with Crippen LogP contribution in [-0.2, 0) is 14.3 Å². The van der Waals surface area contributed by atoms with Crippen LogP contribution in [0.25, 0.3) is 0 Å². The molecular weight excluding hydrogens is 156 g/mol. The minimum Gasteiger partial charge on any atom is -0.426 e. The minimum atomic E-state index is -0.765. The van der Waals surface area contributed by atoms with Crippen LogP contribution < -0.4 is 0 Å². The van der Waals surface area contributed by atoms with Gasteiger partial charge in [0.25, 0.3) is 0 Å². The summed E-state index contributed by atoms with van der Waals surface area (Å²) in [4.78, 5) is 21.1. The van der Waals surface area contributed by atoms with Gasteiger partial charge in [0.15, 0.2) is 6.61 Å². The highest BCUT2D eigenvalue weighted by Crippen LogP contribution is 2.14. The lowest BCUT2D eigenvalue weighted by molar-refractivity contribution is -0.133. The molecule has 56 valence electrons. The number of rotatable bonds is 1. The van der Waals surface area contributed by atoms with Crippen LogP contribution in [0.4, 0.5) is 4.79 Å². The molecule has 1 fully saturated rings. The quantitative estimate of drug-likeness (QED) is 0.523. The molecule has 1 aliphatic rings. The summed E-state index contributed by atoms with van der Waals surface area (Å²) in [6.45, 7) is -0.162. The van der Waals surface area contributed by atoms with Crippen LogP contribution in [0.5, 0.6) is 0 Å². The zero-order chi connectivity index (χ0) is 7.56. The van der Waals surface area contributed by atoms with Crippen LogP contribution in [-0.4, -0.2) is 30.2 Å². The van der Waals surface area contributed by atoms with Crippen molar-refractivity contribution in [2.45, 2.75) is 5.44 Å². The minimum absolute atomic E-state index is 0.162. The summed E-state index contributed by atoms with van der Waals surface area (Å²) >= 11 is 1.18. The van der Waals surface area contributed by atoms with Gasteiger partial charge in [-0.25, -0.2) is 4.79 Å². The fourth-order valence-electron chi connectivity index (χ4n) is 0.565. The number of carbonyl (C=O) groups excluding carboxylic acids is 2. The van der Waals surface area contributed by atoms with E-state index in [0.29, 0.717) is 0 Å². The maximum atomic E-state index is 10.7. The average Bonchev–Trinajstić information content (AvgIpc) is 1.94. The van der Waals surface area contributed by atoms with Gasteiger partial charge in [-0.05, 0) is 6.26 Å². The molecule has 0 saturated carbocycles. The molecule has 5 heteroatoms. The van der Waals surface area contributed by atoms with E-state index in [1.54, 1.807) is 6.26 Å². The van der Waals surface area contributed by atoms with Crippen molar-refractivity contribution < 1.29 is 19.1 Å². The Balaban J connectivity index is 2.53. The van der Waals surface area contributed by atoms with Gasteiger partial charge in [-0.15, -0.1) is 11.8 Å².